The Kier molecular flexibility index (Phi) is 6.59. The van der Waals surface area contributed by atoms with Crippen LogP contribution in [0.3, 0.4) is 0 Å². The first kappa shape index (κ1) is 22.5. The van der Waals surface area contributed by atoms with E-state index in [-0.39, 0.29) is 11.9 Å². The molecule has 2 fully saturated rings. The number of ether oxygens (including phenoxy) is 3. The van der Waals surface area contributed by atoms with Crippen LogP contribution in [-0.4, -0.2) is 80.1 Å². The largest absolute Gasteiger partial charge is 0.463 e. The van der Waals surface area contributed by atoms with Crippen molar-refractivity contribution in [3.63, 3.8) is 0 Å². The van der Waals surface area contributed by atoms with Gasteiger partial charge in [0, 0.05) is 49.8 Å². The standard InChI is InChI=1S/C24H30N6O4/c1-3-34-23(31)18-16(2)26-21-20(19(18)17-4-6-25-7-5-17)22(29-8-12-32-13-9-29)28-24(27-21)30-10-14-33-15-11-30/h4-7,19H,3,8-15H2,1-2H3,(H,26,27,28). The number of carbonyl (C=O) groups excluding carboxylic acids is 1. The Hall–Kier alpha value is -3.24. The fourth-order valence-electron chi connectivity index (χ4n) is 4.70. The predicted molar refractivity (Wildman–Crippen MR) is 127 cm³/mol. The molecule has 0 amide bonds. The lowest BCUT2D eigenvalue weighted by Gasteiger charge is -2.37. The fraction of sp³-hybridized carbons (Fsp3) is 0.500. The first-order valence-corrected chi connectivity index (χ1v) is 11.8. The molecule has 1 N–H and O–H groups in total. The van der Waals surface area contributed by atoms with Crippen molar-refractivity contribution in [2.75, 3.05) is 74.3 Å². The second-order valence-corrected chi connectivity index (χ2v) is 8.41. The predicted octanol–water partition coefficient (Wildman–Crippen LogP) is 1.94. The summed E-state index contributed by atoms with van der Waals surface area (Å²) < 4.78 is 16.6. The third-order valence-corrected chi connectivity index (χ3v) is 6.34. The van der Waals surface area contributed by atoms with Crippen LogP contribution in [0.25, 0.3) is 0 Å². The van der Waals surface area contributed by atoms with Gasteiger partial charge in [0.25, 0.3) is 0 Å². The lowest BCUT2D eigenvalue weighted by molar-refractivity contribution is -0.138. The number of fused-ring (bicyclic) bond motifs is 1. The zero-order valence-electron chi connectivity index (χ0n) is 19.6. The van der Waals surface area contributed by atoms with Crippen LogP contribution in [0, 0.1) is 0 Å². The van der Waals surface area contributed by atoms with Gasteiger partial charge in [-0.15, -0.1) is 0 Å². The molecule has 0 aromatic carbocycles. The minimum atomic E-state index is -0.380. The van der Waals surface area contributed by atoms with Gasteiger partial charge < -0.3 is 29.3 Å². The highest BCUT2D eigenvalue weighted by atomic mass is 16.5. The van der Waals surface area contributed by atoms with E-state index in [4.69, 9.17) is 24.2 Å². The molecule has 0 bridgehead atoms. The van der Waals surface area contributed by atoms with E-state index in [1.807, 2.05) is 26.0 Å². The van der Waals surface area contributed by atoms with Crippen molar-refractivity contribution in [1.29, 1.82) is 0 Å². The first-order valence-electron chi connectivity index (χ1n) is 11.8. The summed E-state index contributed by atoms with van der Waals surface area (Å²) in [5.41, 5.74) is 3.11. The van der Waals surface area contributed by atoms with Gasteiger partial charge in [-0.25, -0.2) is 4.79 Å². The van der Waals surface area contributed by atoms with Crippen LogP contribution in [0.2, 0.25) is 0 Å². The quantitative estimate of drug-likeness (QED) is 0.658. The SMILES string of the molecule is CCOC(=O)C1=C(C)Nc2nc(N3CCOCC3)nc(N3CCOCC3)c2C1c1ccncc1. The van der Waals surface area contributed by atoms with E-state index in [2.05, 4.69) is 20.1 Å². The number of esters is 1. The Balaban J connectivity index is 1.70. The third-order valence-electron chi connectivity index (χ3n) is 6.34. The summed E-state index contributed by atoms with van der Waals surface area (Å²) in [6, 6.07) is 3.87. The molecule has 34 heavy (non-hydrogen) atoms. The van der Waals surface area contributed by atoms with E-state index in [0.29, 0.717) is 63.5 Å². The van der Waals surface area contributed by atoms with Gasteiger partial charge in [0.15, 0.2) is 0 Å². The molecule has 1 unspecified atom stereocenters. The van der Waals surface area contributed by atoms with Crippen LogP contribution in [0.5, 0.6) is 0 Å². The van der Waals surface area contributed by atoms with Crippen molar-refractivity contribution in [2.24, 2.45) is 0 Å². The summed E-state index contributed by atoms with van der Waals surface area (Å²) in [5, 5.41) is 3.40. The van der Waals surface area contributed by atoms with Crippen LogP contribution in [0.1, 0.15) is 30.9 Å². The number of pyridine rings is 1. The number of morpholine rings is 2. The molecule has 2 aromatic heterocycles. The number of nitrogens with one attached hydrogen (secondary N) is 1. The molecule has 0 radical (unpaired) electrons. The molecule has 1 atom stereocenters. The van der Waals surface area contributed by atoms with Crippen LogP contribution < -0.4 is 15.1 Å². The van der Waals surface area contributed by atoms with E-state index in [1.165, 1.54) is 0 Å². The van der Waals surface area contributed by atoms with Crippen LogP contribution in [0.15, 0.2) is 35.8 Å². The van der Waals surface area contributed by atoms with E-state index >= 15 is 0 Å². The Morgan fingerprint density at radius 2 is 1.71 bits per heavy atom. The molecule has 0 spiro atoms. The number of anilines is 3. The number of hydrogen-bond acceptors (Lipinski definition) is 10. The first-order chi connectivity index (χ1) is 16.7. The van der Waals surface area contributed by atoms with Crippen molar-refractivity contribution in [1.82, 2.24) is 15.0 Å². The number of carbonyl (C=O) groups is 1. The maximum Gasteiger partial charge on any atom is 0.336 e. The maximum absolute atomic E-state index is 13.2. The maximum atomic E-state index is 13.2. The zero-order chi connectivity index (χ0) is 23.5. The van der Waals surface area contributed by atoms with Gasteiger partial charge in [0.2, 0.25) is 5.95 Å². The van der Waals surface area contributed by atoms with E-state index < -0.39 is 0 Å². The number of allylic oxidation sites excluding steroid dienone is 1. The minimum Gasteiger partial charge on any atom is -0.463 e. The topological polar surface area (TPSA) is 102 Å². The molecule has 10 nitrogen and oxygen atoms in total. The van der Waals surface area contributed by atoms with Gasteiger partial charge in [-0.3, -0.25) is 4.98 Å². The van der Waals surface area contributed by atoms with E-state index in [1.54, 1.807) is 12.4 Å². The van der Waals surface area contributed by atoms with Crippen molar-refractivity contribution >= 4 is 23.6 Å². The van der Waals surface area contributed by atoms with Gasteiger partial charge >= 0.3 is 5.97 Å². The number of nitrogens with zero attached hydrogens (tertiary/aromatic N) is 5. The molecule has 180 valence electrons. The van der Waals surface area contributed by atoms with Gasteiger partial charge in [-0.2, -0.15) is 9.97 Å². The molecule has 10 heteroatoms. The average Bonchev–Trinajstić information content (AvgIpc) is 2.89. The summed E-state index contributed by atoms with van der Waals surface area (Å²) in [6.45, 7) is 9.45. The van der Waals surface area contributed by atoms with Gasteiger partial charge in [0.05, 0.1) is 44.5 Å². The lowest BCUT2D eigenvalue weighted by Crippen LogP contribution is -2.41. The number of aromatic nitrogens is 3. The molecule has 5 rings (SSSR count). The van der Waals surface area contributed by atoms with E-state index in [0.717, 1.165) is 35.7 Å². The molecule has 0 aliphatic carbocycles. The summed E-state index contributed by atoms with van der Waals surface area (Å²) in [4.78, 5) is 31.8. The highest BCUT2D eigenvalue weighted by molar-refractivity contribution is 5.95. The number of hydrogen-bond donors (Lipinski definition) is 1. The monoisotopic (exact) mass is 466 g/mol. The number of rotatable bonds is 5. The highest BCUT2D eigenvalue weighted by Crippen LogP contribution is 2.46. The molecule has 3 aliphatic heterocycles. The Morgan fingerprint density at radius 1 is 1.06 bits per heavy atom. The minimum absolute atomic E-state index is 0.300. The summed E-state index contributed by atoms with van der Waals surface area (Å²) in [5.74, 6) is 1.47. The van der Waals surface area contributed by atoms with Crippen molar-refractivity contribution in [3.8, 4) is 0 Å². The Morgan fingerprint density at radius 3 is 2.35 bits per heavy atom. The molecular formula is C24H30N6O4. The fourth-order valence-corrected chi connectivity index (χ4v) is 4.70. The van der Waals surface area contributed by atoms with E-state index in [9.17, 15) is 4.79 Å². The van der Waals surface area contributed by atoms with Crippen molar-refractivity contribution in [3.05, 3.63) is 46.9 Å². The molecule has 5 heterocycles. The smallest absolute Gasteiger partial charge is 0.336 e. The molecule has 0 saturated carbocycles. The average molecular weight is 467 g/mol. The van der Waals surface area contributed by atoms with Crippen LogP contribution in [-0.2, 0) is 19.0 Å². The zero-order valence-corrected chi connectivity index (χ0v) is 19.6. The van der Waals surface area contributed by atoms with Gasteiger partial charge in [-0.05, 0) is 31.5 Å². The lowest BCUT2D eigenvalue weighted by atomic mass is 9.82. The van der Waals surface area contributed by atoms with Gasteiger partial charge in [-0.1, -0.05) is 0 Å². The van der Waals surface area contributed by atoms with Gasteiger partial charge in [0.1, 0.15) is 11.6 Å². The second kappa shape index (κ2) is 9.94. The molecule has 3 aliphatic rings. The second-order valence-electron chi connectivity index (χ2n) is 8.41. The summed E-state index contributed by atoms with van der Waals surface area (Å²) in [6.07, 6.45) is 3.49. The highest BCUT2D eigenvalue weighted by Gasteiger charge is 2.38. The van der Waals surface area contributed by atoms with Crippen molar-refractivity contribution in [2.45, 2.75) is 19.8 Å². The molecule has 2 saturated heterocycles. The molecular weight excluding hydrogens is 436 g/mol. The molecule has 2 aromatic rings. The van der Waals surface area contributed by atoms with Crippen LogP contribution >= 0.6 is 0 Å². The summed E-state index contributed by atoms with van der Waals surface area (Å²) >= 11 is 0. The third kappa shape index (κ3) is 4.30. The van der Waals surface area contributed by atoms with Crippen molar-refractivity contribution < 1.29 is 19.0 Å². The Labute approximate surface area is 198 Å². The summed E-state index contributed by atoms with van der Waals surface area (Å²) in [7, 11) is 0. The Bertz CT molecular complexity index is 1060. The normalized spacial score (nSPS) is 20.6. The van der Waals surface area contributed by atoms with Crippen LogP contribution in [0.4, 0.5) is 17.6 Å².